The molecule has 0 aromatic heterocycles. The summed E-state index contributed by atoms with van der Waals surface area (Å²) in [7, 11) is 0. The molecule has 0 aromatic carbocycles. The summed E-state index contributed by atoms with van der Waals surface area (Å²) in [6.07, 6.45) is 5.27. The molecule has 1 aliphatic carbocycles. The molecule has 1 saturated heterocycles. The molecular formula is C17H34N4. The van der Waals surface area contributed by atoms with Gasteiger partial charge in [0.15, 0.2) is 5.96 Å². The summed E-state index contributed by atoms with van der Waals surface area (Å²) < 4.78 is 0. The molecule has 21 heavy (non-hydrogen) atoms. The van der Waals surface area contributed by atoms with Gasteiger partial charge in [0.1, 0.15) is 0 Å². The van der Waals surface area contributed by atoms with E-state index in [1.165, 1.54) is 25.7 Å². The number of aliphatic imine (C=N–C) groups is 1. The van der Waals surface area contributed by atoms with Crippen LogP contribution in [0.1, 0.15) is 53.4 Å². The molecule has 1 heterocycles. The molecule has 3 unspecified atom stereocenters. The quantitative estimate of drug-likeness (QED) is 0.578. The van der Waals surface area contributed by atoms with Gasteiger partial charge in [-0.25, -0.2) is 0 Å². The van der Waals surface area contributed by atoms with E-state index in [9.17, 15) is 0 Å². The van der Waals surface area contributed by atoms with Crippen molar-refractivity contribution in [3.05, 3.63) is 0 Å². The summed E-state index contributed by atoms with van der Waals surface area (Å²) in [5.74, 6) is 2.05. The molecule has 122 valence electrons. The Hall–Kier alpha value is -0.770. The van der Waals surface area contributed by atoms with Crippen molar-refractivity contribution in [3.8, 4) is 0 Å². The van der Waals surface area contributed by atoms with E-state index in [-0.39, 0.29) is 0 Å². The molecule has 0 bridgehead atoms. The molecule has 4 nitrogen and oxygen atoms in total. The molecule has 4 heteroatoms. The molecule has 1 aliphatic heterocycles. The molecule has 0 radical (unpaired) electrons. The lowest BCUT2D eigenvalue weighted by molar-refractivity contribution is 0.223. The smallest absolute Gasteiger partial charge is 0.194 e. The number of guanidine groups is 1. The van der Waals surface area contributed by atoms with Gasteiger partial charge < -0.3 is 10.2 Å². The molecule has 0 spiro atoms. The summed E-state index contributed by atoms with van der Waals surface area (Å²) in [5, 5.41) is 3.72. The van der Waals surface area contributed by atoms with Crippen molar-refractivity contribution in [1.29, 1.82) is 0 Å². The summed E-state index contributed by atoms with van der Waals surface area (Å²) in [6.45, 7) is 14.4. The largest absolute Gasteiger partial charge is 0.353 e. The van der Waals surface area contributed by atoms with Crippen LogP contribution in [-0.2, 0) is 0 Å². The van der Waals surface area contributed by atoms with Crippen LogP contribution in [0.5, 0.6) is 0 Å². The Balaban J connectivity index is 1.87. The number of hydrogen-bond donors (Lipinski definition) is 1. The third kappa shape index (κ3) is 4.35. The van der Waals surface area contributed by atoms with E-state index in [0.29, 0.717) is 12.1 Å². The van der Waals surface area contributed by atoms with Crippen LogP contribution in [0.3, 0.4) is 0 Å². The fourth-order valence-electron chi connectivity index (χ4n) is 3.64. The van der Waals surface area contributed by atoms with Crippen molar-refractivity contribution in [1.82, 2.24) is 15.1 Å². The zero-order valence-corrected chi connectivity index (χ0v) is 14.4. The first-order chi connectivity index (χ1) is 10.2. The topological polar surface area (TPSA) is 30.9 Å². The first kappa shape index (κ1) is 16.6. The van der Waals surface area contributed by atoms with Gasteiger partial charge in [-0.1, -0.05) is 27.2 Å². The Morgan fingerprint density at radius 2 is 2.00 bits per heavy atom. The molecule has 2 aliphatic rings. The summed E-state index contributed by atoms with van der Waals surface area (Å²) in [5.41, 5.74) is 0. The highest BCUT2D eigenvalue weighted by Gasteiger charge is 2.38. The number of hydrogen-bond acceptors (Lipinski definition) is 2. The zero-order chi connectivity index (χ0) is 15.2. The van der Waals surface area contributed by atoms with Crippen molar-refractivity contribution in [3.63, 3.8) is 0 Å². The van der Waals surface area contributed by atoms with Crippen LogP contribution in [0.2, 0.25) is 0 Å². The van der Waals surface area contributed by atoms with E-state index >= 15 is 0 Å². The van der Waals surface area contributed by atoms with Crippen molar-refractivity contribution in [2.75, 3.05) is 32.7 Å². The molecule has 2 fully saturated rings. The van der Waals surface area contributed by atoms with Gasteiger partial charge >= 0.3 is 0 Å². The second-order valence-corrected chi connectivity index (χ2v) is 6.44. The minimum absolute atomic E-state index is 0.683. The van der Waals surface area contributed by atoms with Crippen LogP contribution in [0.15, 0.2) is 4.99 Å². The van der Waals surface area contributed by atoms with E-state index in [4.69, 9.17) is 4.99 Å². The third-order valence-electron chi connectivity index (χ3n) is 5.00. The van der Waals surface area contributed by atoms with Gasteiger partial charge in [0.25, 0.3) is 0 Å². The van der Waals surface area contributed by atoms with Crippen molar-refractivity contribution in [2.45, 2.75) is 65.5 Å². The fraction of sp³-hybridized carbons (Fsp3) is 0.941. The summed E-state index contributed by atoms with van der Waals surface area (Å²) in [4.78, 5) is 9.80. The molecular weight excluding hydrogens is 260 g/mol. The predicted octanol–water partition coefficient (Wildman–Crippen LogP) is 2.56. The highest BCUT2D eigenvalue weighted by atomic mass is 15.3. The third-order valence-corrected chi connectivity index (χ3v) is 5.00. The SMILES string of the molecule is CCCC1CC1NC(=NCC)N1CCC(N(CC)CC)C1. The Labute approximate surface area is 131 Å². The maximum atomic E-state index is 4.74. The number of likely N-dealkylation sites (N-methyl/N-ethyl adjacent to an activating group) is 1. The fourth-order valence-corrected chi connectivity index (χ4v) is 3.64. The standard InChI is InChI=1S/C17H34N4/c1-5-9-14-12-16(14)19-17(18-6-2)21-11-10-15(13-21)20(7-3)8-4/h14-16H,5-13H2,1-4H3,(H,18,19). The molecule has 2 rings (SSSR count). The van der Waals surface area contributed by atoms with E-state index in [2.05, 4.69) is 42.8 Å². The van der Waals surface area contributed by atoms with Gasteiger partial charge in [0.2, 0.25) is 0 Å². The van der Waals surface area contributed by atoms with Crippen molar-refractivity contribution in [2.24, 2.45) is 10.9 Å². The van der Waals surface area contributed by atoms with Crippen molar-refractivity contribution < 1.29 is 0 Å². The number of nitrogens with zero attached hydrogens (tertiary/aromatic N) is 3. The van der Waals surface area contributed by atoms with Gasteiger partial charge in [0, 0.05) is 31.7 Å². The Kier molecular flexibility index (Phi) is 6.34. The molecule has 3 atom stereocenters. The zero-order valence-electron chi connectivity index (χ0n) is 14.4. The predicted molar refractivity (Wildman–Crippen MR) is 90.8 cm³/mol. The minimum atomic E-state index is 0.683. The van der Waals surface area contributed by atoms with Crippen LogP contribution < -0.4 is 5.32 Å². The maximum absolute atomic E-state index is 4.74. The Morgan fingerprint density at radius 3 is 2.62 bits per heavy atom. The second-order valence-electron chi connectivity index (χ2n) is 6.44. The van der Waals surface area contributed by atoms with Gasteiger partial charge in [-0.2, -0.15) is 0 Å². The lowest BCUT2D eigenvalue weighted by Crippen LogP contribution is -2.44. The number of rotatable bonds is 7. The molecule has 1 N–H and O–H groups in total. The van der Waals surface area contributed by atoms with E-state index < -0.39 is 0 Å². The Morgan fingerprint density at radius 1 is 1.24 bits per heavy atom. The van der Waals surface area contributed by atoms with Crippen LogP contribution in [0.4, 0.5) is 0 Å². The number of nitrogens with one attached hydrogen (secondary N) is 1. The van der Waals surface area contributed by atoms with E-state index in [0.717, 1.165) is 44.6 Å². The molecule has 0 amide bonds. The second kappa shape index (κ2) is 8.02. The first-order valence-corrected chi connectivity index (χ1v) is 9.03. The van der Waals surface area contributed by atoms with Crippen LogP contribution >= 0.6 is 0 Å². The number of likely N-dealkylation sites (tertiary alicyclic amines) is 1. The maximum Gasteiger partial charge on any atom is 0.194 e. The normalized spacial score (nSPS) is 29.3. The van der Waals surface area contributed by atoms with Gasteiger partial charge in [-0.3, -0.25) is 9.89 Å². The van der Waals surface area contributed by atoms with Crippen LogP contribution in [0.25, 0.3) is 0 Å². The van der Waals surface area contributed by atoms with E-state index in [1.54, 1.807) is 0 Å². The monoisotopic (exact) mass is 294 g/mol. The summed E-state index contributed by atoms with van der Waals surface area (Å²) in [6, 6.07) is 1.39. The lowest BCUT2D eigenvalue weighted by atomic mass is 10.2. The summed E-state index contributed by atoms with van der Waals surface area (Å²) >= 11 is 0. The first-order valence-electron chi connectivity index (χ1n) is 9.03. The minimum Gasteiger partial charge on any atom is -0.353 e. The van der Waals surface area contributed by atoms with Gasteiger partial charge in [-0.05, 0) is 45.2 Å². The molecule has 0 aromatic rings. The average Bonchev–Trinajstić information content (AvgIpc) is 3.02. The highest BCUT2D eigenvalue weighted by molar-refractivity contribution is 5.81. The van der Waals surface area contributed by atoms with Crippen molar-refractivity contribution >= 4 is 5.96 Å². The van der Waals surface area contributed by atoms with Crippen LogP contribution in [-0.4, -0.2) is 60.6 Å². The average molecular weight is 294 g/mol. The van der Waals surface area contributed by atoms with Gasteiger partial charge in [-0.15, -0.1) is 0 Å². The molecule has 1 saturated carbocycles. The van der Waals surface area contributed by atoms with Gasteiger partial charge in [0.05, 0.1) is 0 Å². The van der Waals surface area contributed by atoms with E-state index in [1.807, 2.05) is 0 Å². The highest BCUT2D eigenvalue weighted by Crippen LogP contribution is 2.34. The van der Waals surface area contributed by atoms with Crippen LogP contribution in [0, 0.1) is 5.92 Å². The lowest BCUT2D eigenvalue weighted by Gasteiger charge is -2.27. The Bertz CT molecular complexity index is 338.